The molecule has 0 bridgehead atoms. The van der Waals surface area contributed by atoms with Crippen molar-refractivity contribution in [2.24, 2.45) is 5.73 Å². The molecule has 1 aromatic carbocycles. The highest BCUT2D eigenvalue weighted by molar-refractivity contribution is 7.15. The first-order chi connectivity index (χ1) is 9.31. The number of thiazole rings is 1. The summed E-state index contributed by atoms with van der Waals surface area (Å²) in [5.41, 5.74) is 9.87. The third-order valence-corrected chi connectivity index (χ3v) is 4.73. The Kier molecular flexibility index (Phi) is 3.53. The van der Waals surface area contributed by atoms with Gasteiger partial charge in [-0.15, -0.1) is 11.3 Å². The van der Waals surface area contributed by atoms with Gasteiger partial charge < -0.3 is 10.6 Å². The van der Waals surface area contributed by atoms with Crippen molar-refractivity contribution in [3.63, 3.8) is 0 Å². The fraction of sp³-hybridized carbons (Fsp3) is 0.400. The number of aryl methyl sites for hydroxylation is 1. The Morgan fingerprint density at radius 1 is 1.26 bits per heavy atom. The third-order valence-electron chi connectivity index (χ3n) is 3.55. The standard InChI is InChI=1S/C15H19N3S/c1-2-5-13-14(8-16)19-15(17-13)18-9-11-6-3-4-7-12(11)10-18/h3-4,6-7H,2,5,8-10,16H2,1H3. The van der Waals surface area contributed by atoms with E-state index >= 15 is 0 Å². The molecule has 1 aliphatic rings. The van der Waals surface area contributed by atoms with Gasteiger partial charge in [-0.25, -0.2) is 4.98 Å². The van der Waals surface area contributed by atoms with Gasteiger partial charge in [-0.3, -0.25) is 0 Å². The van der Waals surface area contributed by atoms with Gasteiger partial charge in [-0.05, 0) is 17.5 Å². The van der Waals surface area contributed by atoms with Crippen molar-refractivity contribution in [1.29, 1.82) is 0 Å². The van der Waals surface area contributed by atoms with Gasteiger partial charge in [0.1, 0.15) is 0 Å². The van der Waals surface area contributed by atoms with Gasteiger partial charge in [0, 0.05) is 24.5 Å². The summed E-state index contributed by atoms with van der Waals surface area (Å²) in [6, 6.07) is 8.63. The molecule has 4 heteroatoms. The zero-order valence-corrected chi connectivity index (χ0v) is 12.0. The molecule has 19 heavy (non-hydrogen) atoms. The van der Waals surface area contributed by atoms with E-state index in [9.17, 15) is 0 Å². The molecule has 0 amide bonds. The van der Waals surface area contributed by atoms with Gasteiger partial charge in [0.05, 0.1) is 5.69 Å². The first kappa shape index (κ1) is 12.6. The monoisotopic (exact) mass is 273 g/mol. The lowest BCUT2D eigenvalue weighted by Crippen LogP contribution is -2.14. The number of fused-ring (bicyclic) bond motifs is 1. The fourth-order valence-electron chi connectivity index (χ4n) is 2.56. The quantitative estimate of drug-likeness (QED) is 0.931. The van der Waals surface area contributed by atoms with Crippen molar-refractivity contribution in [3.8, 4) is 0 Å². The van der Waals surface area contributed by atoms with Crippen LogP contribution in [0.15, 0.2) is 24.3 Å². The molecule has 2 N–H and O–H groups in total. The van der Waals surface area contributed by atoms with E-state index in [4.69, 9.17) is 10.7 Å². The maximum absolute atomic E-state index is 5.83. The van der Waals surface area contributed by atoms with E-state index in [1.165, 1.54) is 21.7 Å². The third kappa shape index (κ3) is 2.38. The van der Waals surface area contributed by atoms with Crippen LogP contribution in [0.25, 0.3) is 0 Å². The maximum atomic E-state index is 5.83. The predicted molar refractivity (Wildman–Crippen MR) is 80.3 cm³/mol. The van der Waals surface area contributed by atoms with Gasteiger partial charge in [0.2, 0.25) is 0 Å². The van der Waals surface area contributed by atoms with Crippen molar-refractivity contribution < 1.29 is 0 Å². The number of aromatic nitrogens is 1. The van der Waals surface area contributed by atoms with E-state index in [0.29, 0.717) is 6.54 Å². The van der Waals surface area contributed by atoms with Crippen LogP contribution in [0, 0.1) is 0 Å². The highest BCUT2D eigenvalue weighted by Gasteiger charge is 2.22. The molecule has 0 aliphatic carbocycles. The first-order valence-electron chi connectivity index (χ1n) is 6.82. The molecule has 0 atom stereocenters. The Labute approximate surface area is 118 Å². The summed E-state index contributed by atoms with van der Waals surface area (Å²) in [6.07, 6.45) is 2.15. The molecule has 0 fully saturated rings. The van der Waals surface area contributed by atoms with E-state index in [0.717, 1.165) is 31.1 Å². The molecule has 2 aromatic rings. The topological polar surface area (TPSA) is 42.2 Å². The molecule has 0 radical (unpaired) electrons. The molecule has 100 valence electrons. The van der Waals surface area contributed by atoms with Crippen LogP contribution in [0.1, 0.15) is 35.0 Å². The van der Waals surface area contributed by atoms with E-state index in [-0.39, 0.29) is 0 Å². The number of benzene rings is 1. The second-order valence-electron chi connectivity index (χ2n) is 4.95. The number of nitrogens with two attached hydrogens (primary N) is 1. The zero-order valence-electron chi connectivity index (χ0n) is 11.2. The molecule has 0 saturated heterocycles. The average Bonchev–Trinajstić information content (AvgIpc) is 3.02. The van der Waals surface area contributed by atoms with Gasteiger partial charge >= 0.3 is 0 Å². The largest absolute Gasteiger partial charge is 0.339 e. The minimum Gasteiger partial charge on any atom is -0.339 e. The SMILES string of the molecule is CCCc1nc(N2Cc3ccccc3C2)sc1CN. The Morgan fingerprint density at radius 3 is 2.53 bits per heavy atom. The van der Waals surface area contributed by atoms with Crippen molar-refractivity contribution in [2.45, 2.75) is 39.4 Å². The lowest BCUT2D eigenvalue weighted by Gasteiger charge is -2.12. The molecule has 0 saturated carbocycles. The predicted octanol–water partition coefficient (Wildman–Crippen LogP) is 3.07. The lowest BCUT2D eigenvalue weighted by molar-refractivity contribution is 0.839. The summed E-state index contributed by atoms with van der Waals surface area (Å²) < 4.78 is 0. The summed E-state index contributed by atoms with van der Waals surface area (Å²) in [4.78, 5) is 8.40. The molecule has 1 aromatic heterocycles. The van der Waals surface area contributed by atoms with Crippen LogP contribution in [0.5, 0.6) is 0 Å². The van der Waals surface area contributed by atoms with Gasteiger partial charge in [0.15, 0.2) is 5.13 Å². The average molecular weight is 273 g/mol. The fourth-order valence-corrected chi connectivity index (χ4v) is 3.55. The van der Waals surface area contributed by atoms with Crippen LogP contribution in [-0.2, 0) is 26.1 Å². The first-order valence-corrected chi connectivity index (χ1v) is 7.63. The summed E-state index contributed by atoms with van der Waals surface area (Å²) in [5, 5.41) is 1.13. The van der Waals surface area contributed by atoms with Gasteiger partial charge in [0.25, 0.3) is 0 Å². The van der Waals surface area contributed by atoms with Crippen molar-refractivity contribution in [2.75, 3.05) is 4.90 Å². The molecule has 3 rings (SSSR count). The van der Waals surface area contributed by atoms with E-state index in [1.807, 2.05) is 0 Å². The van der Waals surface area contributed by atoms with Gasteiger partial charge in [-0.2, -0.15) is 0 Å². The molecular formula is C15H19N3S. The van der Waals surface area contributed by atoms with Crippen LogP contribution >= 0.6 is 11.3 Å². The molecule has 3 nitrogen and oxygen atoms in total. The van der Waals surface area contributed by atoms with E-state index in [1.54, 1.807) is 11.3 Å². The highest BCUT2D eigenvalue weighted by atomic mass is 32.1. The smallest absolute Gasteiger partial charge is 0.186 e. The van der Waals surface area contributed by atoms with Crippen LogP contribution in [0.4, 0.5) is 5.13 Å². The number of hydrogen-bond donors (Lipinski definition) is 1. The minimum absolute atomic E-state index is 0.605. The molecule has 0 unspecified atom stereocenters. The molecular weight excluding hydrogens is 254 g/mol. The van der Waals surface area contributed by atoms with E-state index < -0.39 is 0 Å². The molecule has 0 spiro atoms. The summed E-state index contributed by atoms with van der Waals surface area (Å²) in [7, 11) is 0. The Balaban J connectivity index is 1.85. The highest BCUT2D eigenvalue weighted by Crippen LogP contribution is 2.33. The Bertz CT molecular complexity index is 552. The van der Waals surface area contributed by atoms with Crippen molar-refractivity contribution in [1.82, 2.24) is 4.98 Å². The molecule has 1 aliphatic heterocycles. The van der Waals surface area contributed by atoms with Crippen LogP contribution in [0.3, 0.4) is 0 Å². The second-order valence-corrected chi connectivity index (χ2v) is 6.01. The van der Waals surface area contributed by atoms with Crippen molar-refractivity contribution in [3.05, 3.63) is 46.0 Å². The summed E-state index contributed by atoms with van der Waals surface area (Å²) >= 11 is 1.76. The van der Waals surface area contributed by atoms with Crippen LogP contribution in [-0.4, -0.2) is 4.98 Å². The Hall–Kier alpha value is -1.39. The maximum Gasteiger partial charge on any atom is 0.186 e. The summed E-state index contributed by atoms with van der Waals surface area (Å²) in [6.45, 7) is 4.73. The van der Waals surface area contributed by atoms with Gasteiger partial charge in [-0.1, -0.05) is 37.6 Å². The second kappa shape index (κ2) is 5.31. The number of rotatable bonds is 4. The van der Waals surface area contributed by atoms with Crippen molar-refractivity contribution >= 4 is 16.5 Å². The number of nitrogens with zero attached hydrogens (tertiary/aromatic N) is 2. The van der Waals surface area contributed by atoms with Crippen LogP contribution in [0.2, 0.25) is 0 Å². The zero-order chi connectivity index (χ0) is 13.2. The number of anilines is 1. The Morgan fingerprint density at radius 2 is 1.95 bits per heavy atom. The minimum atomic E-state index is 0.605. The lowest BCUT2D eigenvalue weighted by atomic mass is 10.1. The normalized spacial score (nSPS) is 13.9. The van der Waals surface area contributed by atoms with E-state index in [2.05, 4.69) is 36.1 Å². The number of hydrogen-bond acceptors (Lipinski definition) is 4. The summed E-state index contributed by atoms with van der Waals surface area (Å²) in [5.74, 6) is 0. The van der Waals surface area contributed by atoms with Crippen LogP contribution < -0.4 is 10.6 Å². The molecule has 2 heterocycles.